The molecule has 7 heteroatoms. The number of hydrogen-bond acceptors (Lipinski definition) is 6. The number of hydrogen-bond donors (Lipinski definition) is 3. The van der Waals surface area contributed by atoms with Crippen LogP contribution in [0.3, 0.4) is 0 Å². The van der Waals surface area contributed by atoms with E-state index in [1.165, 1.54) is 0 Å². The number of fused-ring (bicyclic) bond motifs is 4. The zero-order valence-electron chi connectivity index (χ0n) is 17.1. The summed E-state index contributed by atoms with van der Waals surface area (Å²) in [4.78, 5) is 27.0. The second kappa shape index (κ2) is 7.34. The molecule has 0 saturated carbocycles. The number of nitrogens with one attached hydrogen (secondary N) is 1. The SMILES string of the molecule is Cc1ccc2[nH]c3c(c2c1)C(=O)c1ccc(OCC(O)C(O)CN=O)cc1C3(C)C. The van der Waals surface area contributed by atoms with E-state index in [1.807, 2.05) is 25.1 Å². The molecule has 7 nitrogen and oxygen atoms in total. The van der Waals surface area contributed by atoms with Crippen molar-refractivity contribution in [2.75, 3.05) is 13.2 Å². The summed E-state index contributed by atoms with van der Waals surface area (Å²) in [6.07, 6.45) is -2.52. The van der Waals surface area contributed by atoms with E-state index in [1.54, 1.807) is 18.2 Å². The Morgan fingerprint density at radius 2 is 1.90 bits per heavy atom. The highest BCUT2D eigenvalue weighted by atomic mass is 16.5. The highest BCUT2D eigenvalue weighted by Crippen LogP contribution is 2.44. The number of benzene rings is 2. The normalized spacial score (nSPS) is 16.6. The first-order valence-corrected chi connectivity index (χ1v) is 9.84. The highest BCUT2D eigenvalue weighted by Gasteiger charge is 2.39. The van der Waals surface area contributed by atoms with E-state index in [4.69, 9.17) is 4.74 Å². The molecule has 4 rings (SSSR count). The second-order valence-electron chi connectivity index (χ2n) is 8.34. The molecule has 0 amide bonds. The molecule has 0 aliphatic heterocycles. The van der Waals surface area contributed by atoms with Gasteiger partial charge in [-0.15, -0.1) is 0 Å². The minimum atomic E-state index is -1.28. The molecule has 0 spiro atoms. The Bertz CT molecular complexity index is 1150. The van der Waals surface area contributed by atoms with E-state index in [9.17, 15) is 19.9 Å². The lowest BCUT2D eigenvalue weighted by atomic mass is 9.71. The molecular formula is C23H24N2O5. The van der Waals surface area contributed by atoms with E-state index in [-0.39, 0.29) is 12.4 Å². The number of nitrogens with zero attached hydrogens (tertiary/aromatic N) is 1. The molecule has 1 aliphatic rings. The van der Waals surface area contributed by atoms with Crippen molar-refractivity contribution in [2.45, 2.75) is 38.4 Å². The summed E-state index contributed by atoms with van der Waals surface area (Å²) in [6, 6.07) is 11.2. The van der Waals surface area contributed by atoms with Crippen LogP contribution in [0.25, 0.3) is 10.9 Å². The van der Waals surface area contributed by atoms with Crippen LogP contribution in [-0.2, 0) is 5.41 Å². The van der Waals surface area contributed by atoms with Crippen LogP contribution in [0.5, 0.6) is 5.75 Å². The smallest absolute Gasteiger partial charge is 0.195 e. The molecule has 2 atom stereocenters. The average Bonchev–Trinajstić information content (AvgIpc) is 3.10. The number of aryl methyl sites for hydroxylation is 1. The second-order valence-corrected chi connectivity index (χ2v) is 8.34. The zero-order valence-corrected chi connectivity index (χ0v) is 17.1. The molecule has 156 valence electrons. The summed E-state index contributed by atoms with van der Waals surface area (Å²) < 4.78 is 5.62. The standard InChI is InChI=1S/C23H24N2O5/c1-12-4-7-17-15(8-12)20-21(28)14-6-5-13(30-11-19(27)18(26)10-24-29)9-16(14)23(2,3)22(20)25-17/h4-9,18-19,25-27H,10-11H2,1-3H3. The van der Waals surface area contributed by atoms with Gasteiger partial charge in [-0.05, 0) is 42.8 Å². The van der Waals surface area contributed by atoms with Crippen molar-refractivity contribution in [3.63, 3.8) is 0 Å². The third-order valence-electron chi connectivity index (χ3n) is 5.84. The number of carbonyl (C=O) groups is 1. The Labute approximate surface area is 173 Å². The zero-order chi connectivity index (χ0) is 21.6. The van der Waals surface area contributed by atoms with Crippen LogP contribution >= 0.6 is 0 Å². The van der Waals surface area contributed by atoms with E-state index >= 15 is 0 Å². The Morgan fingerprint density at radius 3 is 2.63 bits per heavy atom. The van der Waals surface area contributed by atoms with Crippen molar-refractivity contribution in [1.29, 1.82) is 0 Å². The first-order chi connectivity index (χ1) is 14.2. The van der Waals surface area contributed by atoms with E-state index < -0.39 is 24.2 Å². The fourth-order valence-corrected chi connectivity index (χ4v) is 4.10. The number of nitroso groups, excluding NO2 is 1. The number of carbonyl (C=O) groups excluding carboxylic acids is 1. The molecule has 2 unspecified atom stereocenters. The average molecular weight is 408 g/mol. The van der Waals surface area contributed by atoms with Gasteiger partial charge in [0.1, 0.15) is 31.1 Å². The molecule has 3 N–H and O–H groups in total. The highest BCUT2D eigenvalue weighted by molar-refractivity contribution is 6.20. The summed E-state index contributed by atoms with van der Waals surface area (Å²) in [5, 5.41) is 23.0. The molecule has 1 aromatic heterocycles. The van der Waals surface area contributed by atoms with Crippen LogP contribution in [0.4, 0.5) is 0 Å². The lowest BCUT2D eigenvalue weighted by Gasteiger charge is -2.32. The number of aromatic amines is 1. The van der Waals surface area contributed by atoms with Gasteiger partial charge in [0.15, 0.2) is 5.78 Å². The molecular weight excluding hydrogens is 384 g/mol. The van der Waals surface area contributed by atoms with Crippen molar-refractivity contribution >= 4 is 16.7 Å². The predicted octanol–water partition coefficient (Wildman–Crippen LogP) is 3.21. The predicted molar refractivity (Wildman–Crippen MR) is 113 cm³/mol. The Morgan fingerprint density at radius 1 is 1.13 bits per heavy atom. The number of aliphatic hydroxyl groups excluding tert-OH is 2. The maximum atomic E-state index is 13.3. The van der Waals surface area contributed by atoms with Gasteiger partial charge in [-0.3, -0.25) is 4.79 Å². The number of ether oxygens (including phenoxy) is 1. The number of aromatic nitrogens is 1. The van der Waals surface area contributed by atoms with Crippen molar-refractivity contribution in [1.82, 2.24) is 4.98 Å². The van der Waals surface area contributed by atoms with Crippen molar-refractivity contribution in [3.8, 4) is 5.75 Å². The van der Waals surface area contributed by atoms with Gasteiger partial charge < -0.3 is 19.9 Å². The van der Waals surface area contributed by atoms with Gasteiger partial charge >= 0.3 is 0 Å². The summed E-state index contributed by atoms with van der Waals surface area (Å²) in [6.45, 7) is 5.51. The summed E-state index contributed by atoms with van der Waals surface area (Å²) in [7, 11) is 0. The van der Waals surface area contributed by atoms with E-state index in [2.05, 4.69) is 24.0 Å². The molecule has 1 heterocycles. The van der Waals surface area contributed by atoms with Crippen LogP contribution in [0.2, 0.25) is 0 Å². The minimum absolute atomic E-state index is 0.0322. The van der Waals surface area contributed by atoms with Crippen LogP contribution in [0, 0.1) is 11.8 Å². The van der Waals surface area contributed by atoms with Gasteiger partial charge in [0, 0.05) is 27.6 Å². The maximum absolute atomic E-state index is 13.3. The molecule has 30 heavy (non-hydrogen) atoms. The van der Waals surface area contributed by atoms with Gasteiger partial charge in [-0.25, -0.2) is 0 Å². The number of aliphatic hydroxyl groups is 2. The van der Waals surface area contributed by atoms with E-state index in [0.717, 1.165) is 27.7 Å². The third kappa shape index (κ3) is 3.20. The largest absolute Gasteiger partial charge is 0.491 e. The van der Waals surface area contributed by atoms with Crippen LogP contribution in [0.1, 0.15) is 46.6 Å². The minimum Gasteiger partial charge on any atom is -0.491 e. The molecule has 0 saturated heterocycles. The Balaban J connectivity index is 1.70. The monoisotopic (exact) mass is 408 g/mol. The van der Waals surface area contributed by atoms with Gasteiger partial charge in [0.2, 0.25) is 0 Å². The third-order valence-corrected chi connectivity index (χ3v) is 5.84. The maximum Gasteiger partial charge on any atom is 0.195 e. The van der Waals surface area contributed by atoms with Gasteiger partial charge in [0.05, 0.1) is 5.56 Å². The van der Waals surface area contributed by atoms with Crippen LogP contribution in [-0.4, -0.2) is 46.3 Å². The fraction of sp³-hybridized carbons (Fsp3) is 0.348. The summed E-state index contributed by atoms with van der Waals surface area (Å²) in [5.74, 6) is 0.436. The molecule has 1 aliphatic carbocycles. The van der Waals surface area contributed by atoms with Gasteiger partial charge in [-0.1, -0.05) is 30.7 Å². The molecule has 0 fully saturated rings. The van der Waals surface area contributed by atoms with Crippen molar-refractivity contribution < 1.29 is 19.7 Å². The van der Waals surface area contributed by atoms with Crippen molar-refractivity contribution in [2.24, 2.45) is 5.18 Å². The number of rotatable bonds is 6. The lowest BCUT2D eigenvalue weighted by molar-refractivity contribution is -0.00255. The number of H-pyrrole nitrogens is 1. The van der Waals surface area contributed by atoms with E-state index in [0.29, 0.717) is 16.9 Å². The number of ketones is 1. The van der Waals surface area contributed by atoms with Crippen LogP contribution < -0.4 is 4.74 Å². The first-order valence-electron chi connectivity index (χ1n) is 9.84. The fourth-order valence-electron chi connectivity index (χ4n) is 4.10. The first kappa shape index (κ1) is 20.3. The molecule has 0 radical (unpaired) electrons. The Kier molecular flexibility index (Phi) is 4.95. The molecule has 3 aromatic rings. The van der Waals surface area contributed by atoms with Gasteiger partial charge in [-0.2, -0.15) is 4.91 Å². The molecule has 2 aromatic carbocycles. The topological polar surface area (TPSA) is 112 Å². The summed E-state index contributed by atoms with van der Waals surface area (Å²) in [5.41, 5.74) is 4.57. The quantitative estimate of drug-likeness (QED) is 0.542. The molecule has 0 bridgehead atoms. The van der Waals surface area contributed by atoms with Crippen molar-refractivity contribution in [3.05, 3.63) is 69.3 Å². The summed E-state index contributed by atoms with van der Waals surface area (Å²) >= 11 is 0. The Hall–Kier alpha value is -3.03. The van der Waals surface area contributed by atoms with Gasteiger partial charge in [0.25, 0.3) is 0 Å². The lowest BCUT2D eigenvalue weighted by Crippen LogP contribution is -2.34. The van der Waals surface area contributed by atoms with Crippen LogP contribution in [0.15, 0.2) is 41.6 Å².